The summed E-state index contributed by atoms with van der Waals surface area (Å²) in [6.45, 7) is 1.42. The Kier molecular flexibility index (Phi) is 5.76. The first-order valence-corrected chi connectivity index (χ1v) is 12.6. The fraction of sp³-hybridized carbons (Fsp3) is 0.542. The van der Waals surface area contributed by atoms with Crippen molar-refractivity contribution in [3.63, 3.8) is 0 Å². The zero-order valence-corrected chi connectivity index (χ0v) is 19.2. The Morgan fingerprint density at radius 1 is 1.25 bits per heavy atom. The second-order valence-corrected chi connectivity index (χ2v) is 10.5. The first kappa shape index (κ1) is 21.2. The van der Waals surface area contributed by atoms with Crippen molar-refractivity contribution in [2.75, 3.05) is 23.4 Å². The zero-order chi connectivity index (χ0) is 22.1. The first-order chi connectivity index (χ1) is 15.6. The van der Waals surface area contributed by atoms with Crippen LogP contribution in [-0.4, -0.2) is 34.0 Å². The molecule has 2 aromatic rings. The summed E-state index contributed by atoms with van der Waals surface area (Å²) >= 11 is 1.69. The van der Waals surface area contributed by atoms with Crippen LogP contribution >= 0.6 is 11.8 Å². The Morgan fingerprint density at radius 2 is 2.06 bits per heavy atom. The molecule has 4 bridgehead atoms. The van der Waals surface area contributed by atoms with Gasteiger partial charge in [-0.05, 0) is 79.7 Å². The van der Waals surface area contributed by atoms with E-state index in [4.69, 9.17) is 5.41 Å². The molecule has 4 aliphatic carbocycles. The molecular weight excluding hydrogens is 418 g/mol. The summed E-state index contributed by atoms with van der Waals surface area (Å²) in [5.74, 6) is 3.71. The summed E-state index contributed by atoms with van der Waals surface area (Å²) in [6.07, 6.45) is 15.2. The van der Waals surface area contributed by atoms with Crippen LogP contribution in [0.2, 0.25) is 0 Å². The number of nitrogens with zero attached hydrogens (tertiary/aromatic N) is 4. The van der Waals surface area contributed by atoms with Gasteiger partial charge in [0.25, 0.3) is 0 Å². The molecule has 166 valence electrons. The molecular formula is C24H29N7S. The van der Waals surface area contributed by atoms with Gasteiger partial charge in [-0.2, -0.15) is 10.2 Å². The predicted octanol–water partition coefficient (Wildman–Crippen LogP) is 4.58. The summed E-state index contributed by atoms with van der Waals surface area (Å²) in [7, 11) is 0. The lowest BCUT2D eigenvalue weighted by Crippen LogP contribution is -2.53. The average Bonchev–Trinajstić information content (AvgIpc) is 2.81. The monoisotopic (exact) mass is 447 g/mol. The molecule has 0 radical (unpaired) electrons. The van der Waals surface area contributed by atoms with E-state index in [0.29, 0.717) is 41.6 Å². The number of anilines is 2. The largest absolute Gasteiger partial charge is 0.368 e. The van der Waals surface area contributed by atoms with Gasteiger partial charge in [-0.15, -0.1) is 11.8 Å². The third-order valence-corrected chi connectivity index (χ3v) is 8.56. The highest BCUT2D eigenvalue weighted by Crippen LogP contribution is 2.61. The van der Waals surface area contributed by atoms with Crippen molar-refractivity contribution < 1.29 is 0 Å². The topological polar surface area (TPSA) is 110 Å². The van der Waals surface area contributed by atoms with Crippen molar-refractivity contribution >= 4 is 29.7 Å². The van der Waals surface area contributed by atoms with Crippen molar-refractivity contribution in [3.8, 4) is 6.07 Å². The van der Waals surface area contributed by atoms with Gasteiger partial charge >= 0.3 is 0 Å². The highest BCUT2D eigenvalue weighted by molar-refractivity contribution is 7.98. The van der Waals surface area contributed by atoms with Crippen molar-refractivity contribution in [1.82, 2.24) is 15.0 Å². The number of nitriles is 1. The minimum absolute atomic E-state index is 0.268. The molecule has 0 spiro atoms. The molecule has 8 heteroatoms. The van der Waals surface area contributed by atoms with E-state index < -0.39 is 0 Å². The molecule has 3 unspecified atom stereocenters. The summed E-state index contributed by atoms with van der Waals surface area (Å²) < 4.78 is 0. The minimum atomic E-state index is 0.268. The van der Waals surface area contributed by atoms with Crippen molar-refractivity contribution in [3.05, 3.63) is 35.8 Å². The number of pyridine rings is 1. The van der Waals surface area contributed by atoms with Crippen LogP contribution < -0.4 is 10.6 Å². The number of hydrogen-bond acceptors (Lipinski definition) is 8. The van der Waals surface area contributed by atoms with E-state index in [1.54, 1.807) is 30.4 Å². The maximum atomic E-state index is 9.59. The normalized spacial score (nSPS) is 30.0. The van der Waals surface area contributed by atoms with Crippen LogP contribution in [0, 0.1) is 45.8 Å². The molecule has 6 rings (SSSR count). The maximum Gasteiger partial charge on any atom is 0.224 e. The van der Waals surface area contributed by atoms with E-state index in [1.807, 2.05) is 18.5 Å². The van der Waals surface area contributed by atoms with E-state index in [1.165, 1.54) is 37.0 Å². The van der Waals surface area contributed by atoms with Gasteiger partial charge in [-0.1, -0.05) is 0 Å². The summed E-state index contributed by atoms with van der Waals surface area (Å²) in [5.41, 5.74) is 1.84. The number of nitrogens with one attached hydrogen (secondary N) is 3. The van der Waals surface area contributed by atoms with Gasteiger partial charge in [0.1, 0.15) is 17.5 Å². The smallest absolute Gasteiger partial charge is 0.224 e. The predicted molar refractivity (Wildman–Crippen MR) is 127 cm³/mol. The van der Waals surface area contributed by atoms with Crippen LogP contribution in [-0.2, 0) is 6.54 Å². The summed E-state index contributed by atoms with van der Waals surface area (Å²) in [4.78, 5) is 14.4. The van der Waals surface area contributed by atoms with E-state index >= 15 is 0 Å². The van der Waals surface area contributed by atoms with E-state index in [9.17, 15) is 5.26 Å². The fourth-order valence-corrected chi connectivity index (χ4v) is 7.18. The molecule has 2 heterocycles. The van der Waals surface area contributed by atoms with Crippen LogP contribution in [0.4, 0.5) is 11.8 Å². The van der Waals surface area contributed by atoms with Crippen LogP contribution in [0.5, 0.6) is 0 Å². The van der Waals surface area contributed by atoms with Gasteiger partial charge < -0.3 is 16.0 Å². The Hall–Kier alpha value is -2.66. The molecule has 5 atom stereocenters. The van der Waals surface area contributed by atoms with Crippen molar-refractivity contribution in [2.45, 2.75) is 43.5 Å². The second kappa shape index (κ2) is 8.70. The lowest BCUT2D eigenvalue weighted by Gasteiger charge is -2.59. The highest BCUT2D eigenvalue weighted by atomic mass is 32.2. The van der Waals surface area contributed by atoms with Crippen LogP contribution in [0.1, 0.15) is 43.2 Å². The lowest BCUT2D eigenvalue weighted by molar-refractivity contribution is -0.0653. The van der Waals surface area contributed by atoms with Crippen LogP contribution in [0.15, 0.2) is 29.6 Å². The van der Waals surface area contributed by atoms with Gasteiger partial charge in [0, 0.05) is 35.9 Å². The quantitative estimate of drug-likeness (QED) is 0.401. The van der Waals surface area contributed by atoms with E-state index in [-0.39, 0.29) is 5.41 Å². The molecule has 4 fully saturated rings. The number of rotatable bonds is 8. The van der Waals surface area contributed by atoms with E-state index in [0.717, 1.165) is 18.0 Å². The second-order valence-electron chi connectivity index (χ2n) is 9.68. The highest BCUT2D eigenvalue weighted by Gasteiger charge is 2.54. The number of aromatic nitrogens is 3. The molecule has 32 heavy (non-hydrogen) atoms. The molecule has 0 amide bonds. The van der Waals surface area contributed by atoms with Gasteiger partial charge in [0.2, 0.25) is 5.95 Å². The Morgan fingerprint density at radius 3 is 2.78 bits per heavy atom. The summed E-state index contributed by atoms with van der Waals surface area (Å²) in [6, 6.07) is 4.23. The SMILES string of the molecule is CSc1ccncc1CNc1ncc(C#N)c(NCC23CC4C[C@H](C2)C(C=N)[C@@H](C4)C3)n1. The van der Waals surface area contributed by atoms with Gasteiger partial charge in [0.05, 0.1) is 6.20 Å². The fourth-order valence-electron chi connectivity index (χ4n) is 6.60. The molecule has 4 saturated carbocycles. The molecule has 4 aliphatic rings. The van der Waals surface area contributed by atoms with Crippen molar-refractivity contribution in [2.24, 2.45) is 29.1 Å². The minimum Gasteiger partial charge on any atom is -0.368 e. The van der Waals surface area contributed by atoms with Crippen LogP contribution in [0.25, 0.3) is 0 Å². The van der Waals surface area contributed by atoms with Gasteiger partial charge in [-0.25, -0.2) is 4.98 Å². The molecule has 3 N–H and O–H groups in total. The molecule has 0 aliphatic heterocycles. The third-order valence-electron chi connectivity index (χ3n) is 7.72. The average molecular weight is 448 g/mol. The van der Waals surface area contributed by atoms with Gasteiger partial charge in [-0.3, -0.25) is 4.98 Å². The standard InChI is InChI=1S/C24H29N7S/c1-32-21-2-3-27-11-19(21)13-29-23-28-12-18(9-25)22(31-23)30-14-24-6-15-4-16(7-24)20(10-26)17(5-15)8-24/h2-3,10-12,15-17,20,26H,4-8,13-14H2,1H3,(H2,28,29,30,31)/t15?,16-,17+,20?,24?. The Labute approximate surface area is 193 Å². The maximum absolute atomic E-state index is 9.59. The molecule has 2 aromatic heterocycles. The summed E-state index contributed by atoms with van der Waals surface area (Å²) in [5, 5.41) is 24.3. The first-order valence-electron chi connectivity index (χ1n) is 11.4. The van der Waals surface area contributed by atoms with E-state index in [2.05, 4.69) is 31.7 Å². The molecule has 7 nitrogen and oxygen atoms in total. The molecule has 0 aromatic carbocycles. The van der Waals surface area contributed by atoms with Crippen molar-refractivity contribution in [1.29, 1.82) is 10.7 Å². The molecule has 0 saturated heterocycles. The zero-order valence-electron chi connectivity index (χ0n) is 18.3. The lowest BCUT2D eigenvalue weighted by atomic mass is 9.46. The van der Waals surface area contributed by atoms with Gasteiger partial charge in [0.15, 0.2) is 0 Å². The number of thioether (sulfide) groups is 1. The Balaban J connectivity index is 1.29. The van der Waals surface area contributed by atoms with Crippen LogP contribution in [0.3, 0.4) is 0 Å². The Bertz CT molecular complexity index is 1030. The number of hydrogen-bond donors (Lipinski definition) is 3. The third kappa shape index (κ3) is 3.95.